The van der Waals surface area contributed by atoms with Crippen LogP contribution in [0.2, 0.25) is 0 Å². The number of hydrogen-bond donors (Lipinski definition) is 1. The highest BCUT2D eigenvalue weighted by atomic mass is 127. The van der Waals surface area contributed by atoms with Gasteiger partial charge in [0.25, 0.3) is 0 Å². The summed E-state index contributed by atoms with van der Waals surface area (Å²) in [6.07, 6.45) is 0. The van der Waals surface area contributed by atoms with Crippen LogP contribution < -0.4 is 5.63 Å². The number of halogens is 1. The molecule has 0 aliphatic rings. The van der Waals surface area contributed by atoms with Crippen molar-refractivity contribution in [2.45, 2.75) is 4.43 Å². The number of H-pyrrole nitrogens is 1. The zero-order valence-electron chi connectivity index (χ0n) is 7.29. The maximum atomic E-state index is 10.8. The third kappa shape index (κ3) is 1.89. The highest BCUT2D eigenvalue weighted by Crippen LogP contribution is 2.17. The van der Waals surface area contributed by atoms with E-state index < -0.39 is 0 Å². The van der Waals surface area contributed by atoms with Crippen LogP contribution in [0.25, 0.3) is 11.3 Å². The lowest BCUT2D eigenvalue weighted by Crippen LogP contribution is -1.85. The molecular weight excluding hydrogens is 293 g/mol. The molecule has 0 atom stereocenters. The molecule has 4 heteroatoms. The number of aromatic nitrogens is 1. The first-order chi connectivity index (χ1) is 6.79. The summed E-state index contributed by atoms with van der Waals surface area (Å²) in [6.45, 7) is 0. The highest BCUT2D eigenvalue weighted by molar-refractivity contribution is 14.1. The van der Waals surface area contributed by atoms with E-state index >= 15 is 0 Å². The van der Waals surface area contributed by atoms with E-state index in [-0.39, 0.29) is 5.63 Å². The topological polar surface area (TPSA) is 46.0 Å². The van der Waals surface area contributed by atoms with Gasteiger partial charge in [-0.2, -0.15) is 0 Å². The third-order valence-corrected chi connectivity index (χ3v) is 2.82. The Morgan fingerprint density at radius 3 is 2.50 bits per heavy atom. The fourth-order valence-electron chi connectivity index (χ4n) is 1.20. The Hall–Kier alpha value is -1.04. The second kappa shape index (κ2) is 4.00. The lowest BCUT2D eigenvalue weighted by molar-refractivity contribution is 0.394. The van der Waals surface area contributed by atoms with Gasteiger partial charge in [0.2, 0.25) is 0 Å². The summed E-state index contributed by atoms with van der Waals surface area (Å²) in [7, 11) is 0. The number of hydrogen-bond acceptors (Lipinski definition) is 2. The van der Waals surface area contributed by atoms with Crippen molar-refractivity contribution in [3.05, 3.63) is 46.3 Å². The summed E-state index contributed by atoms with van der Waals surface area (Å²) in [6, 6.07) is 9.45. The van der Waals surface area contributed by atoms with Crippen LogP contribution in [0.1, 0.15) is 5.56 Å². The van der Waals surface area contributed by atoms with Crippen molar-refractivity contribution >= 4 is 22.6 Å². The van der Waals surface area contributed by atoms with Gasteiger partial charge in [-0.1, -0.05) is 46.9 Å². The summed E-state index contributed by atoms with van der Waals surface area (Å²) >= 11 is 2.31. The SMILES string of the molecule is O=c1cc(-c2ccc(CI)cc2)[nH]o1. The average Bonchev–Trinajstić information content (AvgIpc) is 2.65. The van der Waals surface area contributed by atoms with Gasteiger partial charge in [-0.05, 0) is 5.56 Å². The van der Waals surface area contributed by atoms with E-state index in [4.69, 9.17) is 0 Å². The molecule has 0 unspecified atom stereocenters. The quantitative estimate of drug-likeness (QED) is 0.684. The van der Waals surface area contributed by atoms with Crippen LogP contribution in [0, 0.1) is 0 Å². The van der Waals surface area contributed by atoms with Crippen LogP contribution in [0.15, 0.2) is 39.6 Å². The Labute approximate surface area is 94.2 Å². The first kappa shape index (κ1) is 9.51. The first-order valence-electron chi connectivity index (χ1n) is 4.13. The fourth-order valence-corrected chi connectivity index (χ4v) is 1.71. The largest absolute Gasteiger partial charge is 0.357 e. The Morgan fingerprint density at radius 1 is 1.29 bits per heavy atom. The zero-order valence-corrected chi connectivity index (χ0v) is 9.45. The summed E-state index contributed by atoms with van der Waals surface area (Å²) in [5.74, 6) is 0. The molecule has 1 aromatic heterocycles. The lowest BCUT2D eigenvalue weighted by Gasteiger charge is -1.97. The van der Waals surface area contributed by atoms with Crippen LogP contribution in [0.4, 0.5) is 0 Å². The minimum Gasteiger partial charge on any atom is -0.339 e. The molecule has 0 saturated heterocycles. The fraction of sp³-hybridized carbons (Fsp3) is 0.100. The third-order valence-electron chi connectivity index (χ3n) is 1.94. The van der Waals surface area contributed by atoms with Gasteiger partial charge in [-0.15, -0.1) is 0 Å². The van der Waals surface area contributed by atoms with Gasteiger partial charge in [-0.25, -0.2) is 9.95 Å². The van der Waals surface area contributed by atoms with Crippen LogP contribution in [0.5, 0.6) is 0 Å². The number of aromatic amines is 1. The van der Waals surface area contributed by atoms with Crippen LogP contribution in [-0.4, -0.2) is 5.16 Å². The molecule has 0 saturated carbocycles. The van der Waals surface area contributed by atoms with Crippen molar-refractivity contribution in [1.82, 2.24) is 5.16 Å². The van der Waals surface area contributed by atoms with E-state index in [1.807, 2.05) is 24.3 Å². The van der Waals surface area contributed by atoms with Gasteiger partial charge >= 0.3 is 5.63 Å². The highest BCUT2D eigenvalue weighted by Gasteiger charge is 2.01. The molecule has 1 aromatic carbocycles. The van der Waals surface area contributed by atoms with Gasteiger partial charge < -0.3 is 4.52 Å². The average molecular weight is 301 g/mol. The van der Waals surface area contributed by atoms with Gasteiger partial charge in [0.05, 0.1) is 11.8 Å². The van der Waals surface area contributed by atoms with Crippen LogP contribution >= 0.6 is 22.6 Å². The molecule has 3 nitrogen and oxygen atoms in total. The maximum absolute atomic E-state index is 10.8. The molecular formula is C10H8INO2. The predicted octanol–water partition coefficient (Wildman–Crippen LogP) is 2.57. The molecule has 0 amide bonds. The zero-order chi connectivity index (χ0) is 9.97. The molecule has 0 bridgehead atoms. The molecule has 72 valence electrons. The van der Waals surface area contributed by atoms with Crippen molar-refractivity contribution in [2.24, 2.45) is 0 Å². The Kier molecular flexibility index (Phi) is 2.72. The molecule has 2 rings (SSSR count). The second-order valence-corrected chi connectivity index (χ2v) is 3.67. The van der Waals surface area contributed by atoms with Crippen LogP contribution in [0.3, 0.4) is 0 Å². The van der Waals surface area contributed by atoms with Crippen molar-refractivity contribution < 1.29 is 4.52 Å². The van der Waals surface area contributed by atoms with E-state index in [1.165, 1.54) is 11.6 Å². The normalized spacial score (nSPS) is 10.4. The molecule has 0 spiro atoms. The number of nitrogens with one attached hydrogen (secondary N) is 1. The molecule has 0 fully saturated rings. The van der Waals surface area contributed by atoms with Crippen molar-refractivity contribution in [3.63, 3.8) is 0 Å². The molecule has 1 N–H and O–H groups in total. The molecule has 0 aliphatic heterocycles. The minimum atomic E-state index is -0.349. The Balaban J connectivity index is 2.38. The summed E-state index contributed by atoms with van der Waals surface area (Å²) < 4.78 is 5.58. The van der Waals surface area contributed by atoms with Crippen LogP contribution in [-0.2, 0) is 4.43 Å². The number of alkyl halides is 1. The Bertz CT molecular complexity index is 469. The lowest BCUT2D eigenvalue weighted by atomic mass is 10.1. The number of rotatable bonds is 2. The van der Waals surface area contributed by atoms with Gasteiger partial charge in [-0.3, -0.25) is 0 Å². The minimum absolute atomic E-state index is 0.349. The predicted molar refractivity (Wildman–Crippen MR) is 62.5 cm³/mol. The molecule has 1 heterocycles. The second-order valence-electron chi connectivity index (χ2n) is 2.91. The van der Waals surface area contributed by atoms with E-state index in [9.17, 15) is 4.79 Å². The molecule has 0 aliphatic carbocycles. The van der Waals surface area contributed by atoms with Crippen molar-refractivity contribution in [3.8, 4) is 11.3 Å². The monoisotopic (exact) mass is 301 g/mol. The van der Waals surface area contributed by atoms with Gasteiger partial charge in [0.1, 0.15) is 0 Å². The summed E-state index contributed by atoms with van der Waals surface area (Å²) in [5, 5.41) is 2.57. The van der Waals surface area contributed by atoms with Gasteiger partial charge in [0.15, 0.2) is 0 Å². The van der Waals surface area contributed by atoms with Crippen molar-refractivity contribution in [1.29, 1.82) is 0 Å². The molecule has 0 radical (unpaired) electrons. The summed E-state index contributed by atoms with van der Waals surface area (Å²) in [5.41, 5.74) is 2.60. The summed E-state index contributed by atoms with van der Waals surface area (Å²) in [4.78, 5) is 10.8. The van der Waals surface area contributed by atoms with Crippen molar-refractivity contribution in [2.75, 3.05) is 0 Å². The maximum Gasteiger partial charge on any atom is 0.357 e. The van der Waals surface area contributed by atoms with Gasteiger partial charge in [0, 0.05) is 9.99 Å². The molecule has 14 heavy (non-hydrogen) atoms. The van der Waals surface area contributed by atoms with E-state index in [1.54, 1.807) is 0 Å². The first-order valence-corrected chi connectivity index (χ1v) is 5.66. The number of benzene rings is 1. The van der Waals surface area contributed by atoms with E-state index in [0.717, 1.165) is 15.7 Å². The van der Waals surface area contributed by atoms with E-state index in [2.05, 4.69) is 32.3 Å². The Morgan fingerprint density at radius 2 is 2.00 bits per heavy atom. The van der Waals surface area contributed by atoms with E-state index in [0.29, 0.717) is 0 Å². The molecule has 2 aromatic rings. The standard InChI is InChI=1S/C10H8INO2/c11-6-7-1-3-8(4-2-7)9-5-10(13)14-12-9/h1-5,12H,6H2. The smallest absolute Gasteiger partial charge is 0.339 e.